The number of Topliss-reactive ketones (excluding diaryl/α,β-unsaturated/α-hetero) is 1. The van der Waals surface area contributed by atoms with Crippen LogP contribution in [0.3, 0.4) is 0 Å². The molecule has 0 amide bonds. The van der Waals surface area contributed by atoms with Crippen LogP contribution in [0.25, 0.3) is 29.4 Å². The van der Waals surface area contributed by atoms with Crippen molar-refractivity contribution in [1.82, 2.24) is 4.58 Å². The molecule has 2 aliphatic rings. The molecular formula is C80H97N2O2S4+. The van der Waals surface area contributed by atoms with Crippen molar-refractivity contribution in [2.75, 3.05) is 4.90 Å². The SMILES string of the molecule is CCCCCCCCc1ccc(N(c2ccc(CCCCCCCC)cc2)c2ccc(/C=C/c3ccc(C4=C(O)/C(=c5\cc/c(=C\C=C6/C=CC(=[N+](c7ccc(CCCCCCCC)cc7)c7ccc(CCCCCCCC)cc7)S6)s5)C4=O)s3)s2)cc1. The Kier molecular flexibility index (Phi) is 27.1. The molecule has 1 N–H and O–H groups in total. The van der Waals surface area contributed by atoms with Gasteiger partial charge in [-0.05, 0) is 176 Å². The number of thiophene rings is 3. The second kappa shape index (κ2) is 36.0. The van der Waals surface area contributed by atoms with Gasteiger partial charge in [0.05, 0.1) is 11.1 Å². The number of rotatable bonds is 37. The molecule has 4 nitrogen and oxygen atoms in total. The summed E-state index contributed by atoms with van der Waals surface area (Å²) in [5, 5.41) is 13.8. The number of aliphatic hydroxyl groups is 1. The highest BCUT2D eigenvalue weighted by Gasteiger charge is 2.36. The van der Waals surface area contributed by atoms with Crippen LogP contribution in [-0.4, -0.2) is 15.9 Å². The maximum atomic E-state index is 13.9. The Morgan fingerprint density at radius 2 is 0.852 bits per heavy atom. The number of allylic oxidation sites excluding steroid dienone is 4. The molecule has 0 saturated carbocycles. The summed E-state index contributed by atoms with van der Waals surface area (Å²) in [6.45, 7) is 9.13. The Hall–Kier alpha value is -6.03. The molecule has 0 radical (unpaired) electrons. The number of carbonyl (C=O) groups is 1. The number of carbonyl (C=O) groups excluding carboxylic acids is 1. The van der Waals surface area contributed by atoms with Crippen LogP contribution in [0.2, 0.25) is 0 Å². The number of aliphatic hydroxyl groups excluding tert-OH is 1. The summed E-state index contributed by atoms with van der Waals surface area (Å²) in [4.78, 5) is 20.4. The van der Waals surface area contributed by atoms with Crippen molar-refractivity contribution in [2.45, 2.75) is 207 Å². The minimum atomic E-state index is -0.102. The average Bonchev–Trinajstić information content (AvgIpc) is 1.57. The Morgan fingerprint density at radius 3 is 1.32 bits per heavy atom. The first-order chi connectivity index (χ1) is 43.3. The summed E-state index contributed by atoms with van der Waals surface area (Å²) in [7, 11) is 0. The van der Waals surface area contributed by atoms with Gasteiger partial charge in [0.2, 0.25) is 17.2 Å². The van der Waals surface area contributed by atoms with Crippen LogP contribution in [0.4, 0.5) is 27.8 Å². The van der Waals surface area contributed by atoms with E-state index >= 15 is 0 Å². The van der Waals surface area contributed by atoms with Crippen molar-refractivity contribution in [2.24, 2.45) is 0 Å². The molecule has 88 heavy (non-hydrogen) atoms. The number of thioether (sulfide) groups is 1. The number of aryl methyl sites for hydroxylation is 4. The maximum absolute atomic E-state index is 13.9. The molecule has 7 aromatic rings. The number of hydrogen-bond donors (Lipinski definition) is 1. The van der Waals surface area contributed by atoms with Gasteiger partial charge in [-0.15, -0.1) is 38.6 Å². The first kappa shape index (κ1) is 66.4. The van der Waals surface area contributed by atoms with Gasteiger partial charge in [0, 0.05) is 70.3 Å². The predicted octanol–water partition coefficient (Wildman–Crippen LogP) is 23.7. The molecule has 3 aromatic heterocycles. The molecule has 0 saturated heterocycles. The van der Waals surface area contributed by atoms with E-state index in [0.29, 0.717) is 11.1 Å². The van der Waals surface area contributed by atoms with Crippen molar-refractivity contribution >= 4 is 114 Å². The topological polar surface area (TPSA) is 43.5 Å². The quantitative estimate of drug-likeness (QED) is 0.0311. The normalized spacial score (nSPS) is 14.6. The zero-order valence-electron chi connectivity index (χ0n) is 53.3. The van der Waals surface area contributed by atoms with Gasteiger partial charge in [-0.25, -0.2) is 0 Å². The van der Waals surface area contributed by atoms with E-state index in [1.807, 2.05) is 24.3 Å². The first-order valence-corrected chi connectivity index (χ1v) is 37.2. The fourth-order valence-corrected chi connectivity index (χ4v) is 15.7. The van der Waals surface area contributed by atoms with Crippen LogP contribution in [0.15, 0.2) is 162 Å². The monoisotopic (exact) mass is 1250 g/mol. The molecule has 0 unspecified atom stereocenters. The van der Waals surface area contributed by atoms with Crippen LogP contribution in [-0.2, 0) is 30.5 Å². The molecule has 0 fully saturated rings. The van der Waals surface area contributed by atoms with E-state index in [-0.39, 0.29) is 11.5 Å². The highest BCUT2D eigenvalue weighted by molar-refractivity contribution is 8.18. The summed E-state index contributed by atoms with van der Waals surface area (Å²) >= 11 is 6.63. The van der Waals surface area contributed by atoms with Crippen LogP contribution in [0, 0.1) is 0 Å². The lowest BCUT2D eigenvalue weighted by Crippen LogP contribution is -2.24. The number of benzene rings is 4. The minimum absolute atomic E-state index is 0.0857. The van der Waals surface area contributed by atoms with Crippen LogP contribution in [0.5, 0.6) is 0 Å². The smallest absolute Gasteiger partial charge is 0.251 e. The van der Waals surface area contributed by atoms with E-state index in [2.05, 4.69) is 183 Å². The maximum Gasteiger partial charge on any atom is 0.251 e. The number of nitrogens with zero attached hydrogens (tertiary/aromatic N) is 2. The zero-order valence-corrected chi connectivity index (χ0v) is 56.6. The van der Waals surface area contributed by atoms with Gasteiger partial charge < -0.3 is 10.0 Å². The van der Waals surface area contributed by atoms with E-state index in [4.69, 9.17) is 0 Å². The molecule has 0 spiro atoms. The standard InChI is InChI=1S/C80H96N2O2S4/c1-5-9-13-17-21-25-29-61-33-41-65(42-34-61)81(66-43-35-62(36-44-66)30-26-22-18-14-10-6-2)75-59-55-71(87-75)51-49-69-53-57-73(85-69)77-79(83)78(80(77)84)74-58-54-70(86-74)50-52-72-56-60-76(88-72)82(67-45-37-63(38-46-67)31-27-23-19-15-11-7-3)68-47-39-64(40-48-68)32-28-24-20-16-12-8-4/h33-60H,5-32H2,1-4H3/p+1. The number of ketones is 1. The second-order valence-corrected chi connectivity index (χ2v) is 28.7. The van der Waals surface area contributed by atoms with E-state index in [0.717, 1.165) is 64.3 Å². The van der Waals surface area contributed by atoms with Gasteiger partial charge in [-0.2, -0.15) is 0 Å². The van der Waals surface area contributed by atoms with Crippen molar-refractivity contribution < 1.29 is 9.90 Å². The Labute approximate surface area is 545 Å². The Morgan fingerprint density at radius 1 is 0.420 bits per heavy atom. The van der Waals surface area contributed by atoms with Gasteiger partial charge in [0.1, 0.15) is 10.8 Å². The molecule has 1 aliphatic heterocycles. The molecule has 4 heterocycles. The molecule has 0 atom stereocenters. The van der Waals surface area contributed by atoms with Crippen LogP contribution < -0.4 is 18.5 Å². The third kappa shape index (κ3) is 19.5. The summed E-state index contributed by atoms with van der Waals surface area (Å²) < 4.78 is 4.21. The molecule has 4 aromatic carbocycles. The molecule has 1 aliphatic carbocycles. The largest absolute Gasteiger partial charge is 0.506 e. The van der Waals surface area contributed by atoms with Gasteiger partial charge in [0.15, 0.2) is 0 Å². The Bertz CT molecular complexity index is 3440. The van der Waals surface area contributed by atoms with Crippen LogP contribution in [0.1, 0.15) is 219 Å². The highest BCUT2D eigenvalue weighted by Crippen LogP contribution is 2.42. The fraction of sp³-hybridized carbons (Fsp3) is 0.400. The fourth-order valence-electron chi connectivity index (χ4n) is 11.9. The van der Waals surface area contributed by atoms with Crippen molar-refractivity contribution in [3.8, 4) is 0 Å². The molecular weight excluding hydrogens is 1150 g/mol. The van der Waals surface area contributed by atoms with Gasteiger partial charge in [-0.1, -0.05) is 205 Å². The van der Waals surface area contributed by atoms with Crippen LogP contribution >= 0.6 is 45.8 Å². The average molecular weight is 1250 g/mol. The van der Waals surface area contributed by atoms with Gasteiger partial charge >= 0.3 is 0 Å². The number of unbranched alkanes of at least 4 members (excludes halogenated alkanes) is 20. The molecule has 462 valence electrons. The highest BCUT2D eigenvalue weighted by atomic mass is 32.2. The zero-order chi connectivity index (χ0) is 61.1. The van der Waals surface area contributed by atoms with Crippen molar-refractivity contribution in [3.05, 3.63) is 208 Å². The number of anilines is 3. The lowest BCUT2D eigenvalue weighted by molar-refractivity contribution is -0.109. The molecule has 9 rings (SSSR count). The third-order valence-electron chi connectivity index (χ3n) is 17.2. The lowest BCUT2D eigenvalue weighted by atomic mass is 9.87. The summed E-state index contributed by atoms with van der Waals surface area (Å²) in [6, 6.07) is 49.4. The summed E-state index contributed by atoms with van der Waals surface area (Å²) in [5.74, 6) is -0.0162. The first-order valence-electron chi connectivity index (χ1n) is 33.9. The van der Waals surface area contributed by atoms with E-state index < -0.39 is 0 Å². The number of hydrogen-bond acceptors (Lipinski definition) is 7. The van der Waals surface area contributed by atoms with Gasteiger partial charge in [0.25, 0.3) is 5.04 Å². The van der Waals surface area contributed by atoms with E-state index in [9.17, 15) is 9.90 Å². The summed E-state index contributed by atoms with van der Waals surface area (Å²) in [5.41, 5.74) is 11.1. The van der Waals surface area contributed by atoms with E-state index in [1.165, 1.54) is 222 Å². The third-order valence-corrected chi connectivity index (χ3v) is 21.4. The predicted molar refractivity (Wildman–Crippen MR) is 391 cm³/mol. The Balaban J connectivity index is 0.864. The van der Waals surface area contributed by atoms with Gasteiger partial charge in [-0.3, -0.25) is 4.79 Å². The molecule has 8 heteroatoms. The van der Waals surface area contributed by atoms with Crippen molar-refractivity contribution in [1.29, 1.82) is 0 Å². The minimum Gasteiger partial charge on any atom is -0.506 e. The second-order valence-electron chi connectivity index (χ2n) is 24.3. The molecule has 0 bridgehead atoms. The summed E-state index contributed by atoms with van der Waals surface area (Å²) in [6.07, 6.45) is 48.9. The van der Waals surface area contributed by atoms with E-state index in [1.54, 1.807) is 23.1 Å². The van der Waals surface area contributed by atoms with Crippen molar-refractivity contribution in [3.63, 3.8) is 0 Å². The lowest BCUT2D eigenvalue weighted by Gasteiger charge is -2.24.